The number of carboxylic acids is 2. The van der Waals surface area contributed by atoms with Gasteiger partial charge in [-0.2, -0.15) is 26.3 Å². The number of nitrogens with zero attached hydrogens (tertiary/aromatic N) is 3. The second kappa shape index (κ2) is 12.8. The van der Waals surface area contributed by atoms with Crippen molar-refractivity contribution in [2.75, 3.05) is 13.1 Å². The summed E-state index contributed by atoms with van der Waals surface area (Å²) in [6.45, 7) is 3.57. The molecule has 1 spiro atoms. The van der Waals surface area contributed by atoms with E-state index in [4.69, 9.17) is 24.2 Å². The molecule has 0 bridgehead atoms. The van der Waals surface area contributed by atoms with Crippen LogP contribution in [0, 0.1) is 0 Å². The molecule has 2 fully saturated rings. The Balaban J connectivity index is 0.000000301. The fraction of sp³-hybridized carbons (Fsp3) is 0.478. The molecule has 1 amide bonds. The molecule has 0 aliphatic carbocycles. The molecule has 0 radical (unpaired) electrons. The molecule has 4 heterocycles. The molecule has 0 aromatic carbocycles. The fourth-order valence-electron chi connectivity index (χ4n) is 4.07. The Hall–Kier alpha value is -3.62. The molecule has 9 nitrogen and oxygen atoms in total. The Labute approximate surface area is 212 Å². The number of pyridine rings is 1. The summed E-state index contributed by atoms with van der Waals surface area (Å²) >= 11 is 0. The van der Waals surface area contributed by atoms with Gasteiger partial charge in [0.2, 0.25) is 5.91 Å². The van der Waals surface area contributed by atoms with E-state index in [-0.39, 0.29) is 5.54 Å². The van der Waals surface area contributed by atoms with Crippen LogP contribution in [0.15, 0.2) is 47.3 Å². The van der Waals surface area contributed by atoms with Gasteiger partial charge in [-0.3, -0.25) is 14.7 Å². The van der Waals surface area contributed by atoms with E-state index in [0.717, 1.165) is 50.2 Å². The maximum Gasteiger partial charge on any atom is 0.490 e. The molecule has 2 N–H and O–H groups in total. The van der Waals surface area contributed by atoms with Crippen molar-refractivity contribution in [1.82, 2.24) is 14.8 Å². The summed E-state index contributed by atoms with van der Waals surface area (Å²) in [5, 5.41) is 14.2. The van der Waals surface area contributed by atoms with Crippen molar-refractivity contribution in [2.24, 2.45) is 0 Å². The highest BCUT2D eigenvalue weighted by Gasteiger charge is 2.46. The number of furan rings is 1. The lowest BCUT2D eigenvalue weighted by Crippen LogP contribution is -2.52. The first-order chi connectivity index (χ1) is 17.6. The van der Waals surface area contributed by atoms with Crippen LogP contribution in [0.1, 0.15) is 37.0 Å². The lowest BCUT2D eigenvalue weighted by molar-refractivity contribution is -0.193. The maximum absolute atomic E-state index is 12.5. The molecule has 2 aromatic heterocycles. The fourth-order valence-corrected chi connectivity index (χ4v) is 4.07. The van der Waals surface area contributed by atoms with Crippen LogP contribution in [0.3, 0.4) is 0 Å². The van der Waals surface area contributed by atoms with E-state index in [1.807, 2.05) is 24.4 Å². The van der Waals surface area contributed by atoms with Gasteiger partial charge < -0.3 is 19.5 Å². The molecule has 0 atom stereocenters. The Kier molecular flexibility index (Phi) is 10.3. The summed E-state index contributed by atoms with van der Waals surface area (Å²) < 4.78 is 68.9. The van der Waals surface area contributed by atoms with Crippen molar-refractivity contribution in [2.45, 2.75) is 56.7 Å². The number of piperidine rings is 1. The summed E-state index contributed by atoms with van der Waals surface area (Å²) in [5.41, 5.74) is 1.15. The highest BCUT2D eigenvalue weighted by molar-refractivity contribution is 5.79. The van der Waals surface area contributed by atoms with Crippen LogP contribution in [0.5, 0.6) is 0 Å². The van der Waals surface area contributed by atoms with E-state index in [9.17, 15) is 31.1 Å². The Morgan fingerprint density at radius 1 is 0.947 bits per heavy atom. The van der Waals surface area contributed by atoms with Crippen LogP contribution >= 0.6 is 0 Å². The normalized spacial score (nSPS) is 17.3. The van der Waals surface area contributed by atoms with E-state index in [2.05, 4.69) is 20.9 Å². The molecule has 2 saturated heterocycles. The van der Waals surface area contributed by atoms with Crippen molar-refractivity contribution < 1.29 is 55.4 Å². The minimum absolute atomic E-state index is 0.0343. The van der Waals surface area contributed by atoms with Gasteiger partial charge in [0.1, 0.15) is 5.76 Å². The van der Waals surface area contributed by atoms with E-state index in [1.54, 1.807) is 12.5 Å². The summed E-state index contributed by atoms with van der Waals surface area (Å²) in [4.78, 5) is 39.0. The van der Waals surface area contributed by atoms with Crippen LogP contribution < -0.4 is 0 Å². The van der Waals surface area contributed by atoms with Gasteiger partial charge in [-0.1, -0.05) is 6.07 Å². The van der Waals surface area contributed by atoms with Gasteiger partial charge in [-0.15, -0.1) is 0 Å². The van der Waals surface area contributed by atoms with Gasteiger partial charge in [-0.05, 0) is 43.0 Å². The van der Waals surface area contributed by atoms with Gasteiger partial charge in [0.05, 0.1) is 12.8 Å². The number of hydrogen-bond donors (Lipinski definition) is 2. The number of aromatic nitrogens is 1. The minimum atomic E-state index is -5.08. The van der Waals surface area contributed by atoms with Crippen molar-refractivity contribution in [3.05, 3.63) is 54.2 Å². The lowest BCUT2D eigenvalue weighted by Gasteiger charge is -2.45. The number of aliphatic carboxylic acids is 2. The first-order valence-corrected chi connectivity index (χ1v) is 11.2. The lowest BCUT2D eigenvalue weighted by atomic mass is 9.84. The molecule has 210 valence electrons. The molecule has 4 rings (SSSR count). The Bertz CT molecular complexity index is 1030. The maximum atomic E-state index is 12.5. The summed E-state index contributed by atoms with van der Waals surface area (Å²) in [7, 11) is 0. The number of amides is 1. The highest BCUT2D eigenvalue weighted by Crippen LogP contribution is 2.40. The predicted molar refractivity (Wildman–Crippen MR) is 117 cm³/mol. The Morgan fingerprint density at radius 2 is 1.53 bits per heavy atom. The Morgan fingerprint density at radius 3 is 1.97 bits per heavy atom. The minimum Gasteiger partial charge on any atom is -0.475 e. The van der Waals surface area contributed by atoms with E-state index < -0.39 is 24.3 Å². The average Bonchev–Trinajstić information content (AvgIpc) is 3.45. The standard InChI is InChI=1S/C19H23N3O2.2C2HF3O2/c23-18-5-6-19(22(18)14-16-3-1-9-20-13-16)7-10-21(11-8-19)15-17-4-2-12-24-17;2*3-2(4,5)1(6)7/h1-4,9,12-13H,5-8,10-11,14-15H2;2*(H,6,7). The molecular formula is C23H25F6N3O6. The first-order valence-electron chi connectivity index (χ1n) is 11.2. The van der Waals surface area contributed by atoms with Crippen LogP contribution in [0.4, 0.5) is 26.3 Å². The van der Waals surface area contributed by atoms with Crippen molar-refractivity contribution in [3.63, 3.8) is 0 Å². The number of halogens is 6. The zero-order valence-electron chi connectivity index (χ0n) is 19.8. The average molecular weight is 553 g/mol. The van der Waals surface area contributed by atoms with E-state index >= 15 is 0 Å². The number of carboxylic acid groups (broad SMARTS) is 2. The number of alkyl halides is 6. The van der Waals surface area contributed by atoms with Crippen molar-refractivity contribution in [1.29, 1.82) is 0 Å². The second-order valence-electron chi connectivity index (χ2n) is 8.53. The van der Waals surface area contributed by atoms with E-state index in [0.29, 0.717) is 18.9 Å². The first kappa shape index (κ1) is 30.6. The highest BCUT2D eigenvalue weighted by atomic mass is 19.4. The van der Waals surface area contributed by atoms with Crippen molar-refractivity contribution in [3.8, 4) is 0 Å². The van der Waals surface area contributed by atoms with Crippen LogP contribution in [-0.2, 0) is 27.5 Å². The summed E-state index contributed by atoms with van der Waals surface area (Å²) in [6.07, 6.45) is -1.05. The number of likely N-dealkylation sites (tertiary alicyclic amines) is 2. The smallest absolute Gasteiger partial charge is 0.475 e. The summed E-state index contributed by atoms with van der Waals surface area (Å²) in [5.74, 6) is -4.21. The molecule has 2 aliphatic heterocycles. The third kappa shape index (κ3) is 9.04. The monoisotopic (exact) mass is 553 g/mol. The van der Waals surface area contributed by atoms with Gasteiger partial charge in [0.25, 0.3) is 0 Å². The van der Waals surface area contributed by atoms with Crippen molar-refractivity contribution >= 4 is 17.8 Å². The second-order valence-corrected chi connectivity index (χ2v) is 8.53. The zero-order valence-corrected chi connectivity index (χ0v) is 19.8. The third-order valence-electron chi connectivity index (χ3n) is 5.97. The predicted octanol–water partition coefficient (Wildman–Crippen LogP) is 4.10. The number of carbonyl (C=O) groups is 3. The SMILES string of the molecule is O=C(O)C(F)(F)F.O=C(O)C(F)(F)F.O=C1CCC2(CCN(Cc3ccco3)CC2)N1Cc1cccnc1. The van der Waals surface area contributed by atoms with Gasteiger partial charge in [0.15, 0.2) is 0 Å². The van der Waals surface area contributed by atoms with Crippen LogP contribution in [-0.4, -0.2) is 73.8 Å². The van der Waals surface area contributed by atoms with Gasteiger partial charge in [-0.25, -0.2) is 9.59 Å². The van der Waals surface area contributed by atoms with Gasteiger partial charge in [0, 0.05) is 44.0 Å². The number of carbonyl (C=O) groups excluding carboxylic acids is 1. The quantitative estimate of drug-likeness (QED) is 0.543. The molecule has 0 saturated carbocycles. The summed E-state index contributed by atoms with van der Waals surface area (Å²) in [6, 6.07) is 7.96. The topological polar surface area (TPSA) is 124 Å². The van der Waals surface area contributed by atoms with E-state index in [1.165, 1.54) is 0 Å². The molecule has 0 unspecified atom stereocenters. The molecule has 2 aliphatic rings. The largest absolute Gasteiger partial charge is 0.490 e. The third-order valence-corrected chi connectivity index (χ3v) is 5.97. The van der Waals surface area contributed by atoms with Gasteiger partial charge >= 0.3 is 24.3 Å². The van der Waals surface area contributed by atoms with Crippen LogP contribution in [0.2, 0.25) is 0 Å². The zero-order chi connectivity index (χ0) is 28.6. The molecular weight excluding hydrogens is 528 g/mol. The number of hydrogen-bond acceptors (Lipinski definition) is 6. The molecule has 2 aromatic rings. The molecule has 38 heavy (non-hydrogen) atoms. The van der Waals surface area contributed by atoms with Crippen LogP contribution in [0.25, 0.3) is 0 Å². The number of rotatable bonds is 4. The molecule has 15 heteroatoms.